The summed E-state index contributed by atoms with van der Waals surface area (Å²) in [7, 11) is -1.60. The fourth-order valence-corrected chi connectivity index (χ4v) is 3.63. The predicted molar refractivity (Wildman–Crippen MR) is 143 cm³/mol. The Morgan fingerprint density at radius 1 is 0.697 bits per heavy atom. The highest BCUT2D eigenvalue weighted by Crippen LogP contribution is 2.10. The Morgan fingerprint density at radius 2 is 1.18 bits per heavy atom. The molecule has 0 aliphatic rings. The van der Waals surface area contributed by atoms with Gasteiger partial charge < -0.3 is 10.2 Å². The maximum atomic E-state index is 9.92. The molecule has 0 spiro atoms. The van der Waals surface area contributed by atoms with Crippen molar-refractivity contribution in [2.45, 2.75) is 111 Å². The van der Waals surface area contributed by atoms with Gasteiger partial charge in [-0.2, -0.15) is 8.42 Å². The van der Waals surface area contributed by atoms with Gasteiger partial charge >= 0.3 is 10.4 Å². The highest BCUT2D eigenvalue weighted by atomic mass is 32.3. The second-order valence-corrected chi connectivity index (χ2v) is 9.95. The minimum absolute atomic E-state index is 1.03. The molecule has 0 aromatic heterocycles. The van der Waals surface area contributed by atoms with Crippen LogP contribution >= 0.6 is 0 Å². The van der Waals surface area contributed by atoms with Crippen molar-refractivity contribution in [1.29, 1.82) is 0 Å². The maximum Gasteiger partial charge on any atom is 0.399 e. The molecule has 0 saturated heterocycles. The molecule has 0 fully saturated rings. The lowest BCUT2D eigenvalue weighted by Gasteiger charge is -2.20. The van der Waals surface area contributed by atoms with Crippen molar-refractivity contribution in [1.82, 2.24) is 10.2 Å². The SMILES string of the molecule is CCCCCCCCC=CCCCCCCCCN(CC)CCNCC.COS(=O)(=O)OC. The lowest BCUT2D eigenvalue weighted by molar-refractivity contribution is 0.280. The third-order valence-corrected chi connectivity index (χ3v) is 6.51. The molecule has 0 aliphatic heterocycles. The van der Waals surface area contributed by atoms with Crippen LogP contribution in [0.3, 0.4) is 0 Å². The Hall–Kier alpha value is -0.470. The Bertz CT molecular complexity index is 489. The molecule has 7 heteroatoms. The van der Waals surface area contributed by atoms with E-state index in [-0.39, 0.29) is 0 Å². The van der Waals surface area contributed by atoms with Gasteiger partial charge in [-0.3, -0.25) is 8.37 Å². The van der Waals surface area contributed by atoms with E-state index in [9.17, 15) is 8.42 Å². The number of nitrogens with one attached hydrogen (secondary N) is 1. The molecule has 0 unspecified atom stereocenters. The number of likely N-dealkylation sites (N-methyl/N-ethyl adjacent to an activating group) is 2. The van der Waals surface area contributed by atoms with Crippen LogP contribution < -0.4 is 5.32 Å². The van der Waals surface area contributed by atoms with Crippen LogP contribution in [0, 0.1) is 0 Å². The summed E-state index contributed by atoms with van der Waals surface area (Å²) in [6.07, 6.45) is 24.3. The van der Waals surface area contributed by atoms with E-state index < -0.39 is 10.4 Å². The van der Waals surface area contributed by atoms with Crippen molar-refractivity contribution >= 4 is 10.4 Å². The average Bonchev–Trinajstić information content (AvgIpc) is 2.83. The summed E-state index contributed by atoms with van der Waals surface area (Å²) < 4.78 is 27.5. The zero-order chi connectivity index (χ0) is 25.0. The average molecular weight is 493 g/mol. The van der Waals surface area contributed by atoms with Gasteiger partial charge in [-0.25, -0.2) is 0 Å². The predicted octanol–water partition coefficient (Wildman–Crippen LogP) is 6.48. The fourth-order valence-electron chi connectivity index (χ4n) is 3.49. The van der Waals surface area contributed by atoms with Crippen molar-refractivity contribution in [2.75, 3.05) is 46.9 Å². The van der Waals surface area contributed by atoms with E-state index in [4.69, 9.17) is 0 Å². The molecule has 0 saturated carbocycles. The smallest absolute Gasteiger partial charge is 0.316 e. The van der Waals surface area contributed by atoms with E-state index in [1.165, 1.54) is 110 Å². The van der Waals surface area contributed by atoms with E-state index in [0.717, 1.165) is 27.3 Å². The zero-order valence-electron chi connectivity index (χ0n) is 22.6. The molecule has 0 heterocycles. The van der Waals surface area contributed by atoms with Gasteiger partial charge in [0.1, 0.15) is 0 Å². The van der Waals surface area contributed by atoms with Gasteiger partial charge in [0.2, 0.25) is 0 Å². The monoisotopic (exact) mass is 492 g/mol. The number of nitrogens with zero attached hydrogens (tertiary/aromatic N) is 1. The minimum Gasteiger partial charge on any atom is -0.316 e. The topological polar surface area (TPSA) is 67.9 Å². The number of rotatable bonds is 23. The summed E-state index contributed by atoms with van der Waals surface area (Å²) in [5, 5.41) is 3.42. The van der Waals surface area contributed by atoms with Gasteiger partial charge in [-0.15, -0.1) is 0 Å². The molecule has 0 radical (unpaired) electrons. The number of allylic oxidation sites excluding steroid dienone is 2. The van der Waals surface area contributed by atoms with Crippen LogP contribution in [-0.2, 0) is 18.8 Å². The first-order valence-corrected chi connectivity index (χ1v) is 14.7. The van der Waals surface area contributed by atoms with Crippen molar-refractivity contribution in [2.24, 2.45) is 0 Å². The van der Waals surface area contributed by atoms with E-state index in [2.05, 4.69) is 51.5 Å². The molecule has 200 valence electrons. The van der Waals surface area contributed by atoms with Crippen LogP contribution in [0.2, 0.25) is 0 Å². The van der Waals surface area contributed by atoms with Crippen LogP contribution in [0.25, 0.3) is 0 Å². The Labute approximate surface area is 207 Å². The highest BCUT2D eigenvalue weighted by molar-refractivity contribution is 7.81. The van der Waals surface area contributed by atoms with Gasteiger partial charge in [0.25, 0.3) is 0 Å². The summed E-state index contributed by atoms with van der Waals surface area (Å²) >= 11 is 0. The first-order valence-electron chi connectivity index (χ1n) is 13.4. The molecular formula is C26H56N2O4S. The molecule has 0 aliphatic carbocycles. The van der Waals surface area contributed by atoms with Crippen LogP contribution in [0.15, 0.2) is 12.2 Å². The van der Waals surface area contributed by atoms with E-state index in [1.807, 2.05) is 0 Å². The molecule has 0 rings (SSSR count). The van der Waals surface area contributed by atoms with Crippen molar-refractivity contribution in [3.8, 4) is 0 Å². The molecule has 0 bridgehead atoms. The molecule has 0 atom stereocenters. The maximum absolute atomic E-state index is 9.92. The van der Waals surface area contributed by atoms with Crippen LogP contribution in [-0.4, -0.2) is 60.3 Å². The molecule has 0 aromatic carbocycles. The number of unbranched alkanes of at least 4 members (excludes halogenated alkanes) is 12. The summed E-state index contributed by atoms with van der Waals surface area (Å²) in [6.45, 7) is 12.7. The molecule has 6 nitrogen and oxygen atoms in total. The number of hydrogen-bond donors (Lipinski definition) is 1. The standard InChI is InChI=1S/C24H50N2.C2H6O4S/c1-4-7-8-9-10-11-12-13-14-15-16-17-18-19-20-21-23-26(6-3)24-22-25-5-2;1-5-7(3,4)6-2/h13-14,25H,4-12,15-24H2,1-3H3;1-2H3. The Morgan fingerprint density at radius 3 is 1.61 bits per heavy atom. The first kappa shape index (κ1) is 34.7. The third kappa shape index (κ3) is 29.5. The third-order valence-electron chi connectivity index (χ3n) is 5.70. The van der Waals surface area contributed by atoms with Crippen LogP contribution in [0.5, 0.6) is 0 Å². The van der Waals surface area contributed by atoms with Crippen molar-refractivity contribution in [3.63, 3.8) is 0 Å². The van der Waals surface area contributed by atoms with Crippen molar-refractivity contribution < 1.29 is 16.8 Å². The second-order valence-electron chi connectivity index (χ2n) is 8.47. The van der Waals surface area contributed by atoms with E-state index in [1.54, 1.807) is 0 Å². The quantitative estimate of drug-likeness (QED) is 0.130. The van der Waals surface area contributed by atoms with Gasteiger partial charge in [-0.1, -0.05) is 90.7 Å². The summed E-state index contributed by atoms with van der Waals surface area (Å²) in [5.41, 5.74) is 0. The van der Waals surface area contributed by atoms with Crippen molar-refractivity contribution in [3.05, 3.63) is 12.2 Å². The molecular weight excluding hydrogens is 436 g/mol. The zero-order valence-corrected chi connectivity index (χ0v) is 23.4. The van der Waals surface area contributed by atoms with Gasteiger partial charge in [0.05, 0.1) is 14.2 Å². The van der Waals surface area contributed by atoms with Gasteiger partial charge in [-0.05, 0) is 51.7 Å². The van der Waals surface area contributed by atoms with Crippen LogP contribution in [0.1, 0.15) is 111 Å². The van der Waals surface area contributed by atoms with E-state index in [0.29, 0.717) is 0 Å². The molecule has 33 heavy (non-hydrogen) atoms. The van der Waals surface area contributed by atoms with Crippen LogP contribution in [0.4, 0.5) is 0 Å². The molecule has 1 N–H and O–H groups in total. The molecule has 0 aromatic rings. The normalized spacial score (nSPS) is 11.8. The highest BCUT2D eigenvalue weighted by Gasteiger charge is 2.02. The summed E-state index contributed by atoms with van der Waals surface area (Å²) in [5.74, 6) is 0. The minimum atomic E-state index is -3.66. The number of hydrogen-bond acceptors (Lipinski definition) is 6. The fraction of sp³-hybridized carbons (Fsp3) is 0.923. The second kappa shape index (κ2) is 27.8. The largest absolute Gasteiger partial charge is 0.399 e. The summed E-state index contributed by atoms with van der Waals surface area (Å²) in [6, 6.07) is 0. The molecule has 0 amide bonds. The van der Waals surface area contributed by atoms with Gasteiger partial charge in [0, 0.05) is 13.1 Å². The lowest BCUT2D eigenvalue weighted by Crippen LogP contribution is -2.32. The van der Waals surface area contributed by atoms with E-state index >= 15 is 0 Å². The van der Waals surface area contributed by atoms with Gasteiger partial charge in [0.15, 0.2) is 0 Å². The first-order chi connectivity index (χ1) is 16.0. The Balaban J connectivity index is 0. The summed E-state index contributed by atoms with van der Waals surface area (Å²) in [4.78, 5) is 2.58. The lowest BCUT2D eigenvalue weighted by atomic mass is 10.1. The Kier molecular flexibility index (Phi) is 29.2.